The van der Waals surface area contributed by atoms with Crippen LogP contribution in [0.3, 0.4) is 0 Å². The number of nitrogens with zero attached hydrogens (tertiary/aromatic N) is 1. The van der Waals surface area contributed by atoms with Gasteiger partial charge < -0.3 is 15.4 Å². The van der Waals surface area contributed by atoms with Crippen molar-refractivity contribution in [1.82, 2.24) is 10.2 Å². The third-order valence-electron chi connectivity index (χ3n) is 3.37. The predicted molar refractivity (Wildman–Crippen MR) is 96.6 cm³/mol. The van der Waals surface area contributed by atoms with Crippen LogP contribution in [-0.2, 0) is 9.59 Å². The summed E-state index contributed by atoms with van der Waals surface area (Å²) < 4.78 is 5.21. The Kier molecular flexibility index (Phi) is 7.05. The van der Waals surface area contributed by atoms with Gasteiger partial charge in [-0.1, -0.05) is 11.6 Å². The molecule has 0 heterocycles. The number of amides is 2. The van der Waals surface area contributed by atoms with Crippen LogP contribution in [0.25, 0.3) is 0 Å². The molecular weight excluding hydrogens is 330 g/mol. The Morgan fingerprint density at radius 2 is 1.96 bits per heavy atom. The zero-order valence-electron chi connectivity index (χ0n) is 15.1. The standard InChI is InChI=1S/C17H26ClN3O3/c1-11(21(5)10-15(22)20-17(2,3)4)16(23)19-13-9-12(18)7-8-14(13)24-6/h7-9,11H,10H2,1-6H3,(H,19,23)(H,20,22). The minimum atomic E-state index is -0.501. The van der Waals surface area contributed by atoms with E-state index in [1.165, 1.54) is 7.11 Å². The number of anilines is 1. The van der Waals surface area contributed by atoms with Crippen LogP contribution in [0.1, 0.15) is 27.7 Å². The highest BCUT2D eigenvalue weighted by Crippen LogP contribution is 2.27. The second-order valence-electron chi connectivity index (χ2n) is 6.72. The molecule has 0 aromatic heterocycles. The number of rotatable bonds is 6. The molecule has 0 saturated heterocycles. The number of hydrogen-bond donors (Lipinski definition) is 2. The van der Waals surface area contributed by atoms with Crippen molar-refractivity contribution in [1.29, 1.82) is 0 Å². The smallest absolute Gasteiger partial charge is 0.241 e. The van der Waals surface area contributed by atoms with Gasteiger partial charge in [-0.05, 0) is 52.9 Å². The van der Waals surface area contributed by atoms with Gasteiger partial charge in [0.2, 0.25) is 11.8 Å². The minimum Gasteiger partial charge on any atom is -0.495 e. The lowest BCUT2D eigenvalue weighted by Gasteiger charge is -2.26. The molecule has 1 aromatic rings. The van der Waals surface area contributed by atoms with E-state index in [0.29, 0.717) is 16.5 Å². The fourth-order valence-corrected chi connectivity index (χ4v) is 2.21. The molecule has 24 heavy (non-hydrogen) atoms. The summed E-state index contributed by atoms with van der Waals surface area (Å²) in [6.45, 7) is 7.58. The lowest BCUT2D eigenvalue weighted by Crippen LogP contribution is -2.49. The molecule has 0 saturated carbocycles. The molecule has 0 aliphatic rings. The SMILES string of the molecule is COc1ccc(Cl)cc1NC(=O)C(C)N(C)CC(=O)NC(C)(C)C. The second kappa shape index (κ2) is 8.35. The Bertz CT molecular complexity index is 599. The predicted octanol–water partition coefficient (Wildman–Crippen LogP) is 2.52. The van der Waals surface area contributed by atoms with E-state index in [1.807, 2.05) is 20.8 Å². The maximum absolute atomic E-state index is 12.4. The molecule has 1 atom stereocenters. The molecule has 0 aliphatic carbocycles. The van der Waals surface area contributed by atoms with E-state index >= 15 is 0 Å². The fourth-order valence-electron chi connectivity index (χ4n) is 2.04. The molecule has 0 radical (unpaired) electrons. The number of halogens is 1. The Balaban J connectivity index is 2.70. The van der Waals surface area contributed by atoms with Crippen LogP contribution in [0.5, 0.6) is 5.75 Å². The molecule has 6 nitrogen and oxygen atoms in total. The summed E-state index contributed by atoms with van der Waals surface area (Å²) in [7, 11) is 3.24. The fraction of sp³-hybridized carbons (Fsp3) is 0.529. The number of carbonyl (C=O) groups is 2. The van der Waals surface area contributed by atoms with E-state index in [1.54, 1.807) is 37.1 Å². The number of methoxy groups -OCH3 is 1. The van der Waals surface area contributed by atoms with Crippen molar-refractivity contribution >= 4 is 29.1 Å². The van der Waals surface area contributed by atoms with Gasteiger partial charge in [0.05, 0.1) is 25.4 Å². The zero-order chi connectivity index (χ0) is 18.5. The molecule has 1 aromatic carbocycles. The summed E-state index contributed by atoms with van der Waals surface area (Å²) >= 11 is 5.96. The number of nitrogens with one attached hydrogen (secondary N) is 2. The Hall–Kier alpha value is -1.79. The molecular formula is C17H26ClN3O3. The summed E-state index contributed by atoms with van der Waals surface area (Å²) in [4.78, 5) is 26.1. The van der Waals surface area contributed by atoms with E-state index in [0.717, 1.165) is 0 Å². The third-order valence-corrected chi connectivity index (χ3v) is 3.60. The van der Waals surface area contributed by atoms with Crippen LogP contribution in [-0.4, -0.2) is 49.0 Å². The highest BCUT2D eigenvalue weighted by atomic mass is 35.5. The van der Waals surface area contributed by atoms with Crippen molar-refractivity contribution in [3.8, 4) is 5.75 Å². The molecule has 2 N–H and O–H groups in total. The number of hydrogen-bond acceptors (Lipinski definition) is 4. The summed E-state index contributed by atoms with van der Waals surface area (Å²) in [5, 5.41) is 6.15. The van der Waals surface area contributed by atoms with Gasteiger partial charge in [0, 0.05) is 10.6 Å². The number of benzene rings is 1. The van der Waals surface area contributed by atoms with E-state index < -0.39 is 6.04 Å². The molecule has 0 bridgehead atoms. The highest BCUT2D eigenvalue weighted by Gasteiger charge is 2.23. The van der Waals surface area contributed by atoms with Gasteiger partial charge >= 0.3 is 0 Å². The van der Waals surface area contributed by atoms with Gasteiger partial charge in [0.15, 0.2) is 0 Å². The second-order valence-corrected chi connectivity index (χ2v) is 7.16. The number of carbonyl (C=O) groups excluding carboxylic acids is 2. The summed E-state index contributed by atoms with van der Waals surface area (Å²) in [6, 6.07) is 4.49. The van der Waals surface area contributed by atoms with Gasteiger partial charge in [0.1, 0.15) is 5.75 Å². The lowest BCUT2D eigenvalue weighted by atomic mass is 10.1. The maximum Gasteiger partial charge on any atom is 0.241 e. The molecule has 2 amide bonds. The average molecular weight is 356 g/mol. The Labute approximate surface area is 148 Å². The summed E-state index contributed by atoms with van der Waals surface area (Å²) in [6.07, 6.45) is 0. The first-order valence-electron chi connectivity index (χ1n) is 7.69. The normalized spacial score (nSPS) is 12.7. The van der Waals surface area contributed by atoms with Crippen molar-refractivity contribution in [2.24, 2.45) is 0 Å². The molecule has 7 heteroatoms. The van der Waals surface area contributed by atoms with E-state index in [-0.39, 0.29) is 23.9 Å². The maximum atomic E-state index is 12.4. The average Bonchev–Trinajstić information content (AvgIpc) is 2.44. The number of ether oxygens (including phenoxy) is 1. The van der Waals surface area contributed by atoms with Gasteiger partial charge in [-0.15, -0.1) is 0 Å². The molecule has 1 unspecified atom stereocenters. The molecule has 0 fully saturated rings. The largest absolute Gasteiger partial charge is 0.495 e. The van der Waals surface area contributed by atoms with Crippen LogP contribution in [0.4, 0.5) is 5.69 Å². The van der Waals surface area contributed by atoms with Crippen molar-refractivity contribution in [2.75, 3.05) is 26.0 Å². The highest BCUT2D eigenvalue weighted by molar-refractivity contribution is 6.31. The van der Waals surface area contributed by atoms with Gasteiger partial charge in [-0.25, -0.2) is 0 Å². The first-order valence-corrected chi connectivity index (χ1v) is 8.07. The van der Waals surface area contributed by atoms with Crippen LogP contribution in [0, 0.1) is 0 Å². The van der Waals surface area contributed by atoms with Gasteiger partial charge in [-0.3, -0.25) is 14.5 Å². The van der Waals surface area contributed by atoms with Crippen LogP contribution in [0.2, 0.25) is 5.02 Å². The van der Waals surface area contributed by atoms with Gasteiger partial charge in [0.25, 0.3) is 0 Å². The van der Waals surface area contributed by atoms with E-state index in [4.69, 9.17) is 16.3 Å². The summed E-state index contributed by atoms with van der Waals surface area (Å²) in [5.74, 6) is 0.139. The monoisotopic (exact) mass is 355 g/mol. The van der Waals surface area contributed by atoms with Crippen molar-refractivity contribution in [3.05, 3.63) is 23.2 Å². The molecule has 0 spiro atoms. The van der Waals surface area contributed by atoms with Gasteiger partial charge in [-0.2, -0.15) is 0 Å². The Morgan fingerprint density at radius 3 is 2.50 bits per heavy atom. The molecule has 1 rings (SSSR count). The first kappa shape index (κ1) is 20.3. The molecule has 134 valence electrons. The lowest BCUT2D eigenvalue weighted by molar-refractivity contribution is -0.125. The zero-order valence-corrected chi connectivity index (χ0v) is 15.8. The molecule has 0 aliphatic heterocycles. The van der Waals surface area contributed by atoms with Crippen molar-refractivity contribution < 1.29 is 14.3 Å². The summed E-state index contributed by atoms with van der Waals surface area (Å²) in [5.41, 5.74) is 0.187. The topological polar surface area (TPSA) is 70.7 Å². The van der Waals surface area contributed by atoms with Crippen LogP contribution < -0.4 is 15.4 Å². The van der Waals surface area contributed by atoms with Crippen LogP contribution >= 0.6 is 11.6 Å². The quantitative estimate of drug-likeness (QED) is 0.822. The van der Waals surface area contributed by atoms with Crippen LogP contribution in [0.15, 0.2) is 18.2 Å². The first-order chi connectivity index (χ1) is 11.0. The number of likely N-dealkylation sites (N-methyl/N-ethyl adjacent to an activating group) is 1. The van der Waals surface area contributed by atoms with E-state index in [9.17, 15) is 9.59 Å². The minimum absolute atomic E-state index is 0.124. The van der Waals surface area contributed by atoms with Crippen molar-refractivity contribution in [2.45, 2.75) is 39.3 Å². The third kappa shape index (κ3) is 6.37. The Morgan fingerprint density at radius 1 is 1.33 bits per heavy atom. The van der Waals surface area contributed by atoms with E-state index in [2.05, 4.69) is 10.6 Å². The van der Waals surface area contributed by atoms with Crippen molar-refractivity contribution in [3.63, 3.8) is 0 Å².